The van der Waals surface area contributed by atoms with E-state index in [0.29, 0.717) is 12.2 Å². The van der Waals surface area contributed by atoms with E-state index >= 15 is 0 Å². The zero-order chi connectivity index (χ0) is 14.3. The summed E-state index contributed by atoms with van der Waals surface area (Å²) in [6.07, 6.45) is 5.31. The fourth-order valence-electron chi connectivity index (χ4n) is 1.64. The van der Waals surface area contributed by atoms with Gasteiger partial charge in [0.1, 0.15) is 11.9 Å². The summed E-state index contributed by atoms with van der Waals surface area (Å²) in [5, 5.41) is 14.1. The summed E-state index contributed by atoms with van der Waals surface area (Å²) in [6.45, 7) is 3.73. The zero-order valence-corrected chi connectivity index (χ0v) is 11.1. The molecule has 1 aromatic rings. The number of hydrogen-bond donors (Lipinski definition) is 4. The Morgan fingerprint density at radius 3 is 2.74 bits per heavy atom. The Hall–Kier alpha value is -2.05. The second-order valence-electron chi connectivity index (χ2n) is 4.35. The monoisotopic (exact) mass is 268 g/mol. The van der Waals surface area contributed by atoms with E-state index in [1.54, 1.807) is 19.3 Å². The number of H-pyrrole nitrogens is 1. The molecule has 1 aromatic heterocycles. The van der Waals surface area contributed by atoms with E-state index in [-0.39, 0.29) is 6.04 Å². The average Bonchev–Trinajstić information content (AvgIpc) is 2.87. The second kappa shape index (κ2) is 7.40. The van der Waals surface area contributed by atoms with Crippen LogP contribution in [0.25, 0.3) is 0 Å². The van der Waals surface area contributed by atoms with Gasteiger partial charge in [-0.2, -0.15) is 0 Å². The van der Waals surface area contributed by atoms with Crippen molar-refractivity contribution in [1.82, 2.24) is 20.6 Å². The van der Waals surface area contributed by atoms with Crippen LogP contribution in [0, 0.1) is 0 Å². The normalized spacial score (nSPS) is 13.6. The molecule has 4 N–H and O–H groups in total. The van der Waals surface area contributed by atoms with Crippen LogP contribution < -0.4 is 10.6 Å². The van der Waals surface area contributed by atoms with Crippen molar-refractivity contribution in [3.8, 4) is 0 Å². The number of rotatable bonds is 7. The van der Waals surface area contributed by atoms with Gasteiger partial charge in [0.25, 0.3) is 0 Å². The molecule has 0 aliphatic heterocycles. The average molecular weight is 268 g/mol. The van der Waals surface area contributed by atoms with E-state index in [9.17, 15) is 9.59 Å². The Kier molecular flexibility index (Phi) is 5.84. The summed E-state index contributed by atoms with van der Waals surface area (Å²) in [7, 11) is 0. The van der Waals surface area contributed by atoms with E-state index in [2.05, 4.69) is 20.6 Å². The predicted molar refractivity (Wildman–Crippen MR) is 69.6 cm³/mol. The number of carboxylic acids is 1. The number of urea groups is 1. The number of imidazole rings is 1. The molecule has 0 bridgehead atoms. The summed E-state index contributed by atoms with van der Waals surface area (Å²) in [6, 6.07) is -1.67. The molecular weight excluding hydrogens is 248 g/mol. The van der Waals surface area contributed by atoms with Crippen LogP contribution in [0.1, 0.15) is 45.0 Å². The number of nitrogens with zero attached hydrogens (tertiary/aromatic N) is 1. The molecule has 1 heterocycles. The zero-order valence-electron chi connectivity index (χ0n) is 11.1. The minimum atomic E-state index is -1.02. The molecule has 106 valence electrons. The molecule has 0 aliphatic rings. The lowest BCUT2D eigenvalue weighted by Gasteiger charge is -2.17. The maximum Gasteiger partial charge on any atom is 0.326 e. The molecule has 0 radical (unpaired) electrons. The van der Waals surface area contributed by atoms with Gasteiger partial charge in [-0.15, -0.1) is 0 Å². The van der Waals surface area contributed by atoms with Crippen molar-refractivity contribution in [2.24, 2.45) is 0 Å². The first kappa shape index (κ1) is 15.0. The number of carbonyl (C=O) groups excluding carboxylic acids is 1. The van der Waals surface area contributed by atoms with Crippen LogP contribution in [0.2, 0.25) is 0 Å². The fraction of sp³-hybridized carbons (Fsp3) is 0.583. The Balaban J connectivity index is 2.46. The van der Waals surface area contributed by atoms with Gasteiger partial charge in [0.15, 0.2) is 0 Å². The standard InChI is InChI=1S/C12H20N4O3/c1-3-4-5-9(11(17)18)16-12(19)15-8(2)10-13-6-7-14-10/h6-9H,3-5H2,1-2H3,(H,13,14)(H,17,18)(H2,15,16,19). The number of aromatic nitrogens is 2. The number of hydrogen-bond acceptors (Lipinski definition) is 3. The first-order valence-corrected chi connectivity index (χ1v) is 6.33. The number of amides is 2. The minimum Gasteiger partial charge on any atom is -0.480 e. The highest BCUT2D eigenvalue weighted by molar-refractivity contribution is 5.82. The maximum absolute atomic E-state index is 11.7. The van der Waals surface area contributed by atoms with Crippen LogP contribution >= 0.6 is 0 Å². The molecule has 2 amide bonds. The molecule has 0 spiro atoms. The van der Waals surface area contributed by atoms with Gasteiger partial charge in [0, 0.05) is 12.4 Å². The number of aromatic amines is 1. The lowest BCUT2D eigenvalue weighted by molar-refractivity contribution is -0.139. The van der Waals surface area contributed by atoms with Gasteiger partial charge in [0.05, 0.1) is 6.04 Å². The van der Waals surface area contributed by atoms with Gasteiger partial charge >= 0.3 is 12.0 Å². The largest absolute Gasteiger partial charge is 0.480 e. The van der Waals surface area contributed by atoms with Crippen LogP contribution in [0.5, 0.6) is 0 Å². The summed E-state index contributed by atoms with van der Waals surface area (Å²) >= 11 is 0. The lowest BCUT2D eigenvalue weighted by Crippen LogP contribution is -2.46. The van der Waals surface area contributed by atoms with Crippen LogP contribution in [0.15, 0.2) is 12.4 Å². The number of unbranched alkanes of at least 4 members (excludes halogenated alkanes) is 1. The third-order valence-corrected chi connectivity index (χ3v) is 2.73. The van der Waals surface area contributed by atoms with Crippen molar-refractivity contribution in [3.63, 3.8) is 0 Å². The first-order chi connectivity index (χ1) is 9.04. The minimum absolute atomic E-state index is 0.310. The molecule has 1 rings (SSSR count). The maximum atomic E-state index is 11.7. The van der Waals surface area contributed by atoms with Crippen LogP contribution in [-0.2, 0) is 4.79 Å². The number of carbonyl (C=O) groups is 2. The summed E-state index contributed by atoms with van der Waals surface area (Å²) < 4.78 is 0. The molecule has 7 heteroatoms. The van der Waals surface area contributed by atoms with Crippen LogP contribution in [-0.4, -0.2) is 33.1 Å². The predicted octanol–water partition coefficient (Wildman–Crippen LogP) is 1.41. The Bertz CT molecular complexity index is 405. The van der Waals surface area contributed by atoms with Crippen molar-refractivity contribution < 1.29 is 14.7 Å². The molecule has 0 fully saturated rings. The molecule has 0 saturated carbocycles. The van der Waals surface area contributed by atoms with Gasteiger partial charge in [-0.25, -0.2) is 14.6 Å². The van der Waals surface area contributed by atoms with Crippen molar-refractivity contribution in [1.29, 1.82) is 0 Å². The third-order valence-electron chi connectivity index (χ3n) is 2.73. The van der Waals surface area contributed by atoms with Crippen LogP contribution in [0.3, 0.4) is 0 Å². The highest BCUT2D eigenvalue weighted by atomic mass is 16.4. The number of carboxylic acid groups (broad SMARTS) is 1. The van der Waals surface area contributed by atoms with E-state index in [4.69, 9.17) is 5.11 Å². The Labute approximate surface area is 111 Å². The summed E-state index contributed by atoms with van der Waals surface area (Å²) in [5.74, 6) is -0.398. The third kappa shape index (κ3) is 4.99. The van der Waals surface area contributed by atoms with Crippen LogP contribution in [0.4, 0.5) is 4.79 Å². The van der Waals surface area contributed by atoms with Gasteiger partial charge in [-0.1, -0.05) is 19.8 Å². The van der Waals surface area contributed by atoms with Gasteiger partial charge in [-0.05, 0) is 13.3 Å². The first-order valence-electron chi connectivity index (χ1n) is 6.33. The van der Waals surface area contributed by atoms with Gasteiger partial charge < -0.3 is 20.7 Å². The van der Waals surface area contributed by atoms with Crippen molar-refractivity contribution in [3.05, 3.63) is 18.2 Å². The topological polar surface area (TPSA) is 107 Å². The van der Waals surface area contributed by atoms with Gasteiger partial charge in [0.2, 0.25) is 0 Å². The fourth-order valence-corrected chi connectivity index (χ4v) is 1.64. The van der Waals surface area contributed by atoms with Crippen molar-refractivity contribution in [2.75, 3.05) is 0 Å². The quantitative estimate of drug-likeness (QED) is 0.599. The van der Waals surface area contributed by atoms with Crippen molar-refractivity contribution >= 4 is 12.0 Å². The van der Waals surface area contributed by atoms with Crippen molar-refractivity contribution in [2.45, 2.75) is 45.2 Å². The molecule has 0 aliphatic carbocycles. The molecular formula is C12H20N4O3. The number of aliphatic carboxylic acids is 1. The molecule has 0 aromatic carbocycles. The van der Waals surface area contributed by atoms with E-state index < -0.39 is 18.0 Å². The Morgan fingerprint density at radius 1 is 1.47 bits per heavy atom. The second-order valence-corrected chi connectivity index (χ2v) is 4.35. The Morgan fingerprint density at radius 2 is 2.21 bits per heavy atom. The highest BCUT2D eigenvalue weighted by Crippen LogP contribution is 2.05. The highest BCUT2D eigenvalue weighted by Gasteiger charge is 2.20. The molecule has 0 saturated heterocycles. The smallest absolute Gasteiger partial charge is 0.326 e. The van der Waals surface area contributed by atoms with E-state index in [1.807, 2.05) is 6.92 Å². The molecule has 2 unspecified atom stereocenters. The lowest BCUT2D eigenvalue weighted by atomic mass is 10.1. The summed E-state index contributed by atoms with van der Waals surface area (Å²) in [4.78, 5) is 29.6. The molecule has 7 nitrogen and oxygen atoms in total. The van der Waals surface area contributed by atoms with E-state index in [1.165, 1.54) is 0 Å². The SMILES string of the molecule is CCCCC(NC(=O)NC(C)c1ncc[nH]1)C(=O)O. The number of nitrogens with one attached hydrogen (secondary N) is 3. The molecule has 2 atom stereocenters. The molecule has 19 heavy (non-hydrogen) atoms. The van der Waals surface area contributed by atoms with E-state index in [0.717, 1.165) is 12.8 Å². The summed E-state index contributed by atoms with van der Waals surface area (Å²) in [5.41, 5.74) is 0. The van der Waals surface area contributed by atoms with Gasteiger partial charge in [-0.3, -0.25) is 0 Å².